The highest BCUT2D eigenvalue weighted by Crippen LogP contribution is 2.53. The van der Waals surface area contributed by atoms with Crippen LogP contribution in [0.5, 0.6) is 0 Å². The first-order chi connectivity index (χ1) is 25.1. The van der Waals surface area contributed by atoms with E-state index in [1.165, 1.54) is 66.4 Å². The minimum absolute atomic E-state index is 0.0644. The van der Waals surface area contributed by atoms with Gasteiger partial charge in [0.1, 0.15) is 11.2 Å². The molecule has 2 aliphatic rings. The highest BCUT2D eigenvalue weighted by molar-refractivity contribution is 6.14. The van der Waals surface area contributed by atoms with Gasteiger partial charge in [0.15, 0.2) is 0 Å². The van der Waals surface area contributed by atoms with Crippen LogP contribution in [-0.4, -0.2) is 0 Å². The van der Waals surface area contributed by atoms with Crippen molar-refractivity contribution >= 4 is 45.1 Å². The van der Waals surface area contributed by atoms with Crippen molar-refractivity contribution in [1.82, 2.24) is 0 Å². The standard InChI is InChI=1S/C49H37NO/c1-49(2)42-22-10-8-19-40(42)46-39(21-12-23-43(46)49)38-18-9-11-24-44(38)50(34-15-4-3-5-16-34)35-29-26-33(27-30-35)36-20-13-25-45-47(36)41-31-28-32-14-6-7-17-37(32)48(41)51-45/h3-5,7-13,15-31H,6,14H2,1-2H3. The number of anilines is 3. The number of aryl methyl sites for hydroxylation is 1. The van der Waals surface area contributed by atoms with E-state index in [0.717, 1.165) is 41.1 Å². The summed E-state index contributed by atoms with van der Waals surface area (Å²) < 4.78 is 6.55. The molecule has 0 radical (unpaired) electrons. The number of hydrogen-bond donors (Lipinski definition) is 0. The summed E-state index contributed by atoms with van der Waals surface area (Å²) in [7, 11) is 0. The molecular formula is C49H37NO. The van der Waals surface area contributed by atoms with Gasteiger partial charge in [0, 0.05) is 38.7 Å². The van der Waals surface area contributed by atoms with Gasteiger partial charge in [-0.05, 0) is 93.7 Å². The maximum atomic E-state index is 6.55. The Morgan fingerprint density at radius 2 is 1.25 bits per heavy atom. The molecule has 2 aliphatic carbocycles. The molecule has 7 aromatic carbocycles. The molecule has 1 aromatic heterocycles. The van der Waals surface area contributed by atoms with Crippen LogP contribution in [0.3, 0.4) is 0 Å². The van der Waals surface area contributed by atoms with Crippen molar-refractivity contribution in [2.45, 2.75) is 32.1 Å². The van der Waals surface area contributed by atoms with E-state index in [9.17, 15) is 0 Å². The molecule has 0 aliphatic heterocycles. The minimum atomic E-state index is -0.0644. The number of nitrogens with zero attached hydrogens (tertiary/aromatic N) is 1. The third-order valence-electron chi connectivity index (χ3n) is 11.2. The van der Waals surface area contributed by atoms with Crippen molar-refractivity contribution < 1.29 is 4.42 Å². The number of benzene rings is 7. The predicted octanol–water partition coefficient (Wildman–Crippen LogP) is 13.7. The monoisotopic (exact) mass is 655 g/mol. The summed E-state index contributed by atoms with van der Waals surface area (Å²) in [5.74, 6) is 0. The van der Waals surface area contributed by atoms with Crippen LogP contribution < -0.4 is 4.90 Å². The summed E-state index contributed by atoms with van der Waals surface area (Å²) in [5, 5.41) is 2.35. The van der Waals surface area contributed by atoms with Crippen LogP contribution in [0.25, 0.3) is 61.4 Å². The summed E-state index contributed by atoms with van der Waals surface area (Å²) in [6, 6.07) is 55.4. The van der Waals surface area contributed by atoms with Crippen molar-refractivity contribution in [3.63, 3.8) is 0 Å². The highest BCUT2D eigenvalue weighted by atomic mass is 16.3. The smallest absolute Gasteiger partial charge is 0.142 e. The largest absolute Gasteiger partial charge is 0.455 e. The van der Waals surface area contributed by atoms with Gasteiger partial charge in [-0.3, -0.25) is 0 Å². The highest BCUT2D eigenvalue weighted by Gasteiger charge is 2.37. The van der Waals surface area contributed by atoms with Crippen LogP contribution in [0.2, 0.25) is 0 Å². The summed E-state index contributed by atoms with van der Waals surface area (Å²) in [5.41, 5.74) is 18.1. The van der Waals surface area contributed by atoms with Gasteiger partial charge in [-0.2, -0.15) is 0 Å². The van der Waals surface area contributed by atoms with Gasteiger partial charge in [-0.25, -0.2) is 0 Å². The van der Waals surface area contributed by atoms with Crippen LogP contribution in [0, 0.1) is 0 Å². The van der Waals surface area contributed by atoms with Crippen LogP contribution in [-0.2, 0) is 11.8 Å². The van der Waals surface area contributed by atoms with E-state index < -0.39 is 0 Å². The molecule has 8 aromatic rings. The Hall–Kier alpha value is -6.12. The second-order valence-corrected chi connectivity index (χ2v) is 14.4. The van der Waals surface area contributed by atoms with Gasteiger partial charge < -0.3 is 9.32 Å². The third kappa shape index (κ3) is 4.56. The number of allylic oxidation sites excluding steroid dienone is 1. The lowest BCUT2D eigenvalue weighted by atomic mass is 9.82. The van der Waals surface area contributed by atoms with Crippen LogP contribution in [0.1, 0.15) is 42.5 Å². The first-order valence-corrected chi connectivity index (χ1v) is 18.0. The zero-order valence-corrected chi connectivity index (χ0v) is 28.9. The molecule has 51 heavy (non-hydrogen) atoms. The third-order valence-corrected chi connectivity index (χ3v) is 11.2. The molecule has 10 rings (SSSR count). The maximum Gasteiger partial charge on any atom is 0.142 e. The summed E-state index contributed by atoms with van der Waals surface area (Å²) >= 11 is 0. The van der Waals surface area contributed by atoms with E-state index in [4.69, 9.17) is 4.42 Å². The summed E-state index contributed by atoms with van der Waals surface area (Å²) in [4.78, 5) is 2.40. The van der Waals surface area contributed by atoms with E-state index in [1.54, 1.807) is 0 Å². The molecule has 0 N–H and O–H groups in total. The molecule has 0 saturated heterocycles. The maximum absolute atomic E-state index is 6.55. The van der Waals surface area contributed by atoms with Gasteiger partial charge in [-0.15, -0.1) is 0 Å². The zero-order chi connectivity index (χ0) is 34.1. The lowest BCUT2D eigenvalue weighted by molar-refractivity contribution is 0.660. The van der Waals surface area contributed by atoms with Gasteiger partial charge >= 0.3 is 0 Å². The molecule has 1 heterocycles. The van der Waals surface area contributed by atoms with E-state index in [0.29, 0.717) is 0 Å². The van der Waals surface area contributed by atoms with Crippen molar-refractivity contribution in [3.8, 4) is 33.4 Å². The number of hydrogen-bond acceptors (Lipinski definition) is 2. The van der Waals surface area contributed by atoms with Crippen molar-refractivity contribution in [2.24, 2.45) is 0 Å². The van der Waals surface area contributed by atoms with E-state index >= 15 is 0 Å². The van der Waals surface area contributed by atoms with Gasteiger partial charge in [0.25, 0.3) is 0 Å². The molecule has 0 fully saturated rings. The Morgan fingerprint density at radius 3 is 2.12 bits per heavy atom. The van der Waals surface area contributed by atoms with Gasteiger partial charge in [0.2, 0.25) is 0 Å². The quantitative estimate of drug-likeness (QED) is 0.183. The van der Waals surface area contributed by atoms with E-state index in [2.05, 4.69) is 183 Å². The first-order valence-electron chi connectivity index (χ1n) is 18.0. The molecule has 0 bridgehead atoms. The Kier molecular flexibility index (Phi) is 6.69. The van der Waals surface area contributed by atoms with Crippen LogP contribution in [0.4, 0.5) is 17.1 Å². The fraction of sp³-hybridized carbons (Fsp3) is 0.102. The van der Waals surface area contributed by atoms with E-state index in [1.807, 2.05) is 0 Å². The Morgan fingerprint density at radius 1 is 0.569 bits per heavy atom. The first kappa shape index (κ1) is 29.8. The summed E-state index contributed by atoms with van der Waals surface area (Å²) in [6.07, 6.45) is 6.64. The molecule has 0 spiro atoms. The Labute approximate surface area is 298 Å². The second kappa shape index (κ2) is 11.5. The fourth-order valence-electron chi connectivity index (χ4n) is 8.70. The average molecular weight is 656 g/mol. The fourth-order valence-corrected chi connectivity index (χ4v) is 8.70. The molecule has 2 nitrogen and oxygen atoms in total. The molecule has 0 atom stereocenters. The number of fused-ring (bicyclic) bond motifs is 8. The molecule has 244 valence electrons. The lowest BCUT2D eigenvalue weighted by Gasteiger charge is -2.29. The number of rotatable bonds is 5. The van der Waals surface area contributed by atoms with Crippen molar-refractivity contribution in [1.29, 1.82) is 0 Å². The zero-order valence-electron chi connectivity index (χ0n) is 28.9. The molecule has 0 amide bonds. The topological polar surface area (TPSA) is 16.4 Å². The molecule has 0 saturated carbocycles. The predicted molar refractivity (Wildman–Crippen MR) is 214 cm³/mol. The minimum Gasteiger partial charge on any atom is -0.455 e. The van der Waals surface area contributed by atoms with E-state index in [-0.39, 0.29) is 5.41 Å². The number of furan rings is 1. The van der Waals surface area contributed by atoms with Gasteiger partial charge in [-0.1, -0.05) is 141 Å². The summed E-state index contributed by atoms with van der Waals surface area (Å²) in [6.45, 7) is 4.70. The van der Waals surface area contributed by atoms with Crippen LogP contribution in [0.15, 0.2) is 162 Å². The Bertz CT molecular complexity index is 2660. The molecular weight excluding hydrogens is 619 g/mol. The molecule has 2 heteroatoms. The second-order valence-electron chi connectivity index (χ2n) is 14.4. The van der Waals surface area contributed by atoms with Gasteiger partial charge in [0.05, 0.1) is 5.69 Å². The van der Waals surface area contributed by atoms with Crippen LogP contribution >= 0.6 is 0 Å². The number of para-hydroxylation sites is 2. The average Bonchev–Trinajstić information content (AvgIpc) is 3.69. The molecule has 0 unspecified atom stereocenters. The lowest BCUT2D eigenvalue weighted by Crippen LogP contribution is -2.14. The SMILES string of the molecule is CC1(C)c2ccccc2-c2c(-c3ccccc3N(c3ccccc3)c3ccc(-c4cccc5oc6c7c(ccc6c45)CCC=C7)cc3)cccc21. The normalized spacial score (nSPS) is 14.0. The Balaban J connectivity index is 1.12. The van der Waals surface area contributed by atoms with Crippen molar-refractivity contribution in [2.75, 3.05) is 4.90 Å². The van der Waals surface area contributed by atoms with Crippen molar-refractivity contribution in [3.05, 3.63) is 180 Å².